The molecule has 1 atom stereocenters. The zero-order valence-electron chi connectivity index (χ0n) is 9.94. The van der Waals surface area contributed by atoms with Crippen LogP contribution in [0.3, 0.4) is 0 Å². The van der Waals surface area contributed by atoms with Gasteiger partial charge in [-0.15, -0.1) is 10.2 Å². The molecule has 2 rings (SSSR count). The maximum absolute atomic E-state index is 12.9. The molecule has 0 bridgehead atoms. The minimum Gasteiger partial charge on any atom is -0.342 e. The number of aromatic nitrogens is 4. The van der Waals surface area contributed by atoms with Crippen molar-refractivity contribution in [1.82, 2.24) is 25.9 Å². The summed E-state index contributed by atoms with van der Waals surface area (Å²) in [5.41, 5.74) is 1.000. The molecular weight excluding hydrogens is 237 g/mol. The Balaban J connectivity index is 2.12. The summed E-state index contributed by atoms with van der Waals surface area (Å²) in [6.07, 6.45) is 0. The number of aryl methyl sites for hydroxylation is 1. The van der Waals surface area contributed by atoms with Gasteiger partial charge in [0.15, 0.2) is 5.82 Å². The van der Waals surface area contributed by atoms with Crippen molar-refractivity contribution >= 4 is 5.91 Å². The largest absolute Gasteiger partial charge is 0.342 e. The quantitative estimate of drug-likeness (QED) is 0.854. The van der Waals surface area contributed by atoms with Gasteiger partial charge in [-0.3, -0.25) is 4.79 Å². The van der Waals surface area contributed by atoms with E-state index in [1.165, 1.54) is 18.2 Å². The van der Waals surface area contributed by atoms with Gasteiger partial charge in [0.2, 0.25) is 0 Å². The van der Waals surface area contributed by atoms with E-state index in [2.05, 4.69) is 25.9 Å². The molecule has 0 saturated carbocycles. The minimum absolute atomic E-state index is 0.301. The first kappa shape index (κ1) is 12.2. The molecule has 6 nitrogen and oxygen atoms in total. The average molecular weight is 249 g/mol. The number of carbonyl (C=O) groups excluding carboxylic acids is 1. The number of amides is 1. The molecule has 7 heteroatoms. The zero-order valence-corrected chi connectivity index (χ0v) is 9.94. The predicted octanol–water partition coefficient (Wildman–Crippen LogP) is 1.14. The maximum Gasteiger partial charge on any atom is 0.252 e. The summed E-state index contributed by atoms with van der Waals surface area (Å²) in [6, 6.07) is 3.64. The second kappa shape index (κ2) is 4.91. The fraction of sp³-hybridized carbons (Fsp3) is 0.273. The number of nitrogens with zero attached hydrogens (tertiary/aromatic N) is 3. The van der Waals surface area contributed by atoms with Gasteiger partial charge in [-0.25, -0.2) is 4.39 Å². The van der Waals surface area contributed by atoms with Crippen LogP contribution in [0.4, 0.5) is 4.39 Å². The molecule has 1 amide bonds. The number of tetrazole rings is 1. The van der Waals surface area contributed by atoms with Crippen LogP contribution in [-0.4, -0.2) is 26.5 Å². The number of H-pyrrole nitrogens is 1. The van der Waals surface area contributed by atoms with E-state index in [-0.39, 0.29) is 17.8 Å². The Bertz CT molecular complexity index is 555. The van der Waals surface area contributed by atoms with E-state index in [1.807, 2.05) is 0 Å². The third-order valence-electron chi connectivity index (χ3n) is 2.53. The number of benzene rings is 1. The van der Waals surface area contributed by atoms with E-state index in [0.29, 0.717) is 17.0 Å². The average Bonchev–Trinajstić information content (AvgIpc) is 2.81. The van der Waals surface area contributed by atoms with Gasteiger partial charge in [-0.2, -0.15) is 5.21 Å². The topological polar surface area (TPSA) is 83.6 Å². The molecule has 0 aliphatic heterocycles. The first-order chi connectivity index (χ1) is 8.58. The van der Waals surface area contributed by atoms with Gasteiger partial charge >= 0.3 is 0 Å². The number of carbonyl (C=O) groups is 1. The number of hydrogen-bond acceptors (Lipinski definition) is 4. The molecule has 2 aromatic rings. The Morgan fingerprint density at radius 2 is 2.28 bits per heavy atom. The van der Waals surface area contributed by atoms with E-state index in [1.54, 1.807) is 13.8 Å². The van der Waals surface area contributed by atoms with Crippen LogP contribution in [0.1, 0.15) is 34.7 Å². The first-order valence-electron chi connectivity index (χ1n) is 5.38. The minimum atomic E-state index is -0.374. The van der Waals surface area contributed by atoms with Gasteiger partial charge in [-0.1, -0.05) is 5.21 Å². The zero-order chi connectivity index (χ0) is 13.1. The van der Waals surface area contributed by atoms with E-state index in [4.69, 9.17) is 0 Å². The van der Waals surface area contributed by atoms with Crippen molar-refractivity contribution in [3.05, 3.63) is 41.0 Å². The van der Waals surface area contributed by atoms with Crippen LogP contribution in [0.25, 0.3) is 0 Å². The molecule has 2 N–H and O–H groups in total. The lowest BCUT2D eigenvalue weighted by Gasteiger charge is -2.11. The Labute approximate surface area is 103 Å². The summed E-state index contributed by atoms with van der Waals surface area (Å²) in [5, 5.41) is 16.0. The van der Waals surface area contributed by atoms with E-state index in [0.717, 1.165) is 0 Å². The molecule has 0 saturated heterocycles. The lowest BCUT2D eigenvalue weighted by molar-refractivity contribution is 0.0937. The van der Waals surface area contributed by atoms with Crippen LogP contribution in [-0.2, 0) is 0 Å². The summed E-state index contributed by atoms with van der Waals surface area (Å²) in [4.78, 5) is 12.0. The second-order valence-electron chi connectivity index (χ2n) is 3.92. The molecule has 18 heavy (non-hydrogen) atoms. The smallest absolute Gasteiger partial charge is 0.252 e. The van der Waals surface area contributed by atoms with E-state index < -0.39 is 0 Å². The molecule has 0 spiro atoms. The maximum atomic E-state index is 12.9. The van der Waals surface area contributed by atoms with Crippen molar-refractivity contribution in [3.8, 4) is 0 Å². The Morgan fingerprint density at radius 1 is 1.50 bits per heavy atom. The van der Waals surface area contributed by atoms with Crippen molar-refractivity contribution in [1.29, 1.82) is 0 Å². The molecule has 1 heterocycles. The van der Waals surface area contributed by atoms with Crippen LogP contribution < -0.4 is 5.32 Å². The molecule has 1 unspecified atom stereocenters. The molecular formula is C11H12FN5O. The number of aromatic amines is 1. The Kier molecular flexibility index (Phi) is 3.31. The molecule has 0 aliphatic carbocycles. The molecule has 0 aliphatic rings. The standard InChI is InChI=1S/C11H12FN5O/c1-6-5-8(12)3-4-9(6)11(18)13-7(2)10-14-16-17-15-10/h3-5,7H,1-2H3,(H,13,18)(H,14,15,16,17). The number of halogens is 1. The molecule has 0 fully saturated rings. The van der Waals surface area contributed by atoms with Gasteiger partial charge in [0.25, 0.3) is 5.91 Å². The monoisotopic (exact) mass is 249 g/mol. The lowest BCUT2D eigenvalue weighted by Crippen LogP contribution is -2.28. The van der Waals surface area contributed by atoms with Crippen LogP contribution >= 0.6 is 0 Å². The predicted molar refractivity (Wildman–Crippen MR) is 61.2 cm³/mol. The Hall–Kier alpha value is -2.31. The second-order valence-corrected chi connectivity index (χ2v) is 3.92. The number of rotatable bonds is 3. The van der Waals surface area contributed by atoms with Crippen molar-refractivity contribution in [2.45, 2.75) is 19.9 Å². The van der Waals surface area contributed by atoms with Crippen molar-refractivity contribution < 1.29 is 9.18 Å². The highest BCUT2D eigenvalue weighted by Crippen LogP contribution is 2.12. The summed E-state index contributed by atoms with van der Waals surface area (Å²) in [5.74, 6) is -0.275. The summed E-state index contributed by atoms with van der Waals surface area (Å²) < 4.78 is 12.9. The fourth-order valence-corrected chi connectivity index (χ4v) is 1.57. The van der Waals surface area contributed by atoms with Crippen molar-refractivity contribution in [2.75, 3.05) is 0 Å². The summed E-state index contributed by atoms with van der Waals surface area (Å²) >= 11 is 0. The fourth-order valence-electron chi connectivity index (χ4n) is 1.57. The van der Waals surface area contributed by atoms with Gasteiger partial charge in [0.05, 0.1) is 6.04 Å². The number of nitrogens with one attached hydrogen (secondary N) is 2. The van der Waals surface area contributed by atoms with E-state index >= 15 is 0 Å². The normalized spacial score (nSPS) is 12.2. The SMILES string of the molecule is Cc1cc(F)ccc1C(=O)NC(C)c1nn[nH]n1. The lowest BCUT2D eigenvalue weighted by atomic mass is 10.1. The van der Waals surface area contributed by atoms with Crippen LogP contribution in [0.5, 0.6) is 0 Å². The van der Waals surface area contributed by atoms with Crippen LogP contribution in [0, 0.1) is 12.7 Å². The highest BCUT2D eigenvalue weighted by atomic mass is 19.1. The summed E-state index contributed by atoms with van der Waals surface area (Å²) in [6.45, 7) is 3.42. The molecule has 1 aromatic heterocycles. The van der Waals surface area contributed by atoms with Crippen LogP contribution in [0.2, 0.25) is 0 Å². The number of hydrogen-bond donors (Lipinski definition) is 2. The van der Waals surface area contributed by atoms with Crippen molar-refractivity contribution in [3.63, 3.8) is 0 Å². The van der Waals surface area contributed by atoms with Gasteiger partial charge < -0.3 is 5.32 Å². The first-order valence-corrected chi connectivity index (χ1v) is 5.38. The van der Waals surface area contributed by atoms with Crippen LogP contribution in [0.15, 0.2) is 18.2 Å². The summed E-state index contributed by atoms with van der Waals surface area (Å²) in [7, 11) is 0. The van der Waals surface area contributed by atoms with Gasteiger partial charge in [0, 0.05) is 5.56 Å². The Morgan fingerprint density at radius 3 is 2.89 bits per heavy atom. The van der Waals surface area contributed by atoms with Gasteiger partial charge in [-0.05, 0) is 37.6 Å². The third kappa shape index (κ3) is 2.50. The van der Waals surface area contributed by atoms with Crippen molar-refractivity contribution in [2.24, 2.45) is 0 Å². The highest BCUT2D eigenvalue weighted by molar-refractivity contribution is 5.95. The molecule has 1 aromatic carbocycles. The van der Waals surface area contributed by atoms with Gasteiger partial charge in [0.1, 0.15) is 5.82 Å². The highest BCUT2D eigenvalue weighted by Gasteiger charge is 2.16. The molecule has 94 valence electrons. The van der Waals surface area contributed by atoms with E-state index in [9.17, 15) is 9.18 Å². The third-order valence-corrected chi connectivity index (χ3v) is 2.53. The molecule has 0 radical (unpaired) electrons.